The molecule has 0 radical (unpaired) electrons. The minimum absolute atomic E-state index is 0.201. The lowest BCUT2D eigenvalue weighted by atomic mass is 9.92. The van der Waals surface area contributed by atoms with Gasteiger partial charge in [0.05, 0.1) is 12.3 Å². The molecule has 1 saturated heterocycles. The third-order valence-corrected chi connectivity index (χ3v) is 3.55. The minimum atomic E-state index is 0.201. The summed E-state index contributed by atoms with van der Waals surface area (Å²) in [5.74, 6) is 1.73. The van der Waals surface area contributed by atoms with Crippen molar-refractivity contribution in [2.45, 2.75) is 45.7 Å². The van der Waals surface area contributed by atoms with Crippen molar-refractivity contribution in [2.24, 2.45) is 11.7 Å². The molecule has 1 aromatic rings. The van der Waals surface area contributed by atoms with E-state index in [1.165, 1.54) is 12.0 Å². The van der Waals surface area contributed by atoms with Crippen molar-refractivity contribution in [3.8, 4) is 0 Å². The number of aryl methyl sites for hydroxylation is 1. The summed E-state index contributed by atoms with van der Waals surface area (Å²) in [6.07, 6.45) is 4.07. The van der Waals surface area contributed by atoms with Crippen molar-refractivity contribution >= 4 is 0 Å². The van der Waals surface area contributed by atoms with Crippen LogP contribution in [0.15, 0.2) is 16.7 Å². The largest absolute Gasteiger partial charge is 0.467 e. The molecule has 2 heterocycles. The van der Waals surface area contributed by atoms with Gasteiger partial charge in [-0.1, -0.05) is 13.8 Å². The van der Waals surface area contributed by atoms with Crippen molar-refractivity contribution in [3.63, 3.8) is 0 Å². The maximum absolute atomic E-state index is 6.30. The van der Waals surface area contributed by atoms with Gasteiger partial charge in [-0.25, -0.2) is 0 Å². The van der Waals surface area contributed by atoms with E-state index < -0.39 is 0 Å². The van der Waals surface area contributed by atoms with E-state index in [4.69, 9.17) is 10.2 Å². The van der Waals surface area contributed by atoms with Crippen molar-refractivity contribution in [2.75, 3.05) is 13.1 Å². The fourth-order valence-electron chi connectivity index (χ4n) is 2.82. The maximum Gasteiger partial charge on any atom is 0.125 e. The van der Waals surface area contributed by atoms with Gasteiger partial charge in [0.25, 0.3) is 0 Å². The van der Waals surface area contributed by atoms with Crippen LogP contribution in [-0.2, 0) is 0 Å². The highest BCUT2D eigenvalue weighted by atomic mass is 16.3. The lowest BCUT2D eigenvalue weighted by molar-refractivity contribution is 0.0972. The zero-order valence-electron chi connectivity index (χ0n) is 11.1. The van der Waals surface area contributed by atoms with Gasteiger partial charge in [0.1, 0.15) is 5.76 Å². The molecular weight excluding hydrogens is 212 g/mol. The van der Waals surface area contributed by atoms with Crippen LogP contribution in [0, 0.1) is 12.8 Å². The van der Waals surface area contributed by atoms with Crippen LogP contribution in [0.2, 0.25) is 0 Å². The van der Waals surface area contributed by atoms with Crippen molar-refractivity contribution in [3.05, 3.63) is 23.7 Å². The van der Waals surface area contributed by atoms with Gasteiger partial charge in [-0.3, -0.25) is 4.90 Å². The Balaban J connectivity index is 2.22. The first-order chi connectivity index (χ1) is 8.09. The van der Waals surface area contributed by atoms with E-state index in [9.17, 15) is 0 Å². The predicted molar refractivity (Wildman–Crippen MR) is 69.8 cm³/mol. The number of hydrogen-bond donors (Lipinski definition) is 1. The van der Waals surface area contributed by atoms with Crippen LogP contribution in [0.4, 0.5) is 0 Å². The molecule has 17 heavy (non-hydrogen) atoms. The van der Waals surface area contributed by atoms with Crippen LogP contribution < -0.4 is 5.73 Å². The van der Waals surface area contributed by atoms with E-state index in [1.807, 2.05) is 6.07 Å². The number of likely N-dealkylation sites (tertiary alicyclic amines) is 1. The summed E-state index contributed by atoms with van der Waals surface area (Å²) < 4.78 is 5.66. The van der Waals surface area contributed by atoms with Gasteiger partial charge < -0.3 is 10.2 Å². The van der Waals surface area contributed by atoms with Crippen molar-refractivity contribution in [1.82, 2.24) is 4.90 Å². The molecule has 3 heteroatoms. The second-order valence-corrected chi connectivity index (χ2v) is 5.61. The summed E-state index contributed by atoms with van der Waals surface area (Å²) in [6.45, 7) is 8.85. The molecule has 2 N–H and O–H groups in total. The fourth-order valence-corrected chi connectivity index (χ4v) is 2.82. The summed E-state index contributed by atoms with van der Waals surface area (Å²) in [6, 6.07) is 2.50. The Hall–Kier alpha value is -0.800. The minimum Gasteiger partial charge on any atom is -0.467 e. The molecule has 0 amide bonds. The highest BCUT2D eigenvalue weighted by molar-refractivity contribution is 5.20. The molecule has 1 fully saturated rings. The molecule has 0 bridgehead atoms. The standard InChI is InChI=1S/C14H24N2O/c1-10(2)9-16-7-4-5-12(15)13(16)14-11(3)6-8-17-14/h6,8,10,12-13H,4-5,7,9,15H2,1-3H3. The van der Waals surface area contributed by atoms with Gasteiger partial charge in [0, 0.05) is 12.6 Å². The van der Waals surface area contributed by atoms with Gasteiger partial charge in [0.2, 0.25) is 0 Å². The Bertz CT molecular complexity index is 359. The van der Waals surface area contributed by atoms with Crippen LogP contribution in [0.1, 0.15) is 44.1 Å². The maximum atomic E-state index is 6.30. The molecule has 0 aliphatic carbocycles. The van der Waals surface area contributed by atoms with E-state index in [1.54, 1.807) is 6.26 Å². The third-order valence-electron chi connectivity index (χ3n) is 3.55. The summed E-state index contributed by atoms with van der Waals surface area (Å²) in [4.78, 5) is 2.49. The predicted octanol–water partition coefficient (Wildman–Crippen LogP) is 2.71. The van der Waals surface area contributed by atoms with Crippen molar-refractivity contribution in [1.29, 1.82) is 0 Å². The van der Waals surface area contributed by atoms with E-state index >= 15 is 0 Å². The summed E-state index contributed by atoms with van der Waals surface area (Å²) in [5.41, 5.74) is 7.53. The Kier molecular flexibility index (Phi) is 3.89. The Labute approximate surface area is 104 Å². The third kappa shape index (κ3) is 2.72. The normalized spacial score (nSPS) is 26.6. The average molecular weight is 236 g/mol. The van der Waals surface area contributed by atoms with Crippen LogP contribution in [0.25, 0.3) is 0 Å². The highest BCUT2D eigenvalue weighted by Gasteiger charge is 2.33. The van der Waals surface area contributed by atoms with Gasteiger partial charge in [0.15, 0.2) is 0 Å². The molecule has 96 valence electrons. The number of nitrogens with two attached hydrogens (primary N) is 1. The first kappa shape index (κ1) is 12.7. The van der Waals surface area contributed by atoms with Gasteiger partial charge in [-0.05, 0) is 43.9 Å². The zero-order chi connectivity index (χ0) is 12.4. The van der Waals surface area contributed by atoms with E-state index in [0.29, 0.717) is 5.92 Å². The van der Waals surface area contributed by atoms with Crippen LogP contribution >= 0.6 is 0 Å². The second kappa shape index (κ2) is 5.23. The van der Waals surface area contributed by atoms with E-state index in [-0.39, 0.29) is 12.1 Å². The van der Waals surface area contributed by atoms with E-state index in [0.717, 1.165) is 25.3 Å². The number of furan rings is 1. The van der Waals surface area contributed by atoms with Crippen LogP contribution in [0.3, 0.4) is 0 Å². The molecule has 0 aromatic carbocycles. The smallest absolute Gasteiger partial charge is 0.125 e. The Morgan fingerprint density at radius 3 is 2.88 bits per heavy atom. The van der Waals surface area contributed by atoms with E-state index in [2.05, 4.69) is 25.7 Å². The lowest BCUT2D eigenvalue weighted by Crippen LogP contribution is -2.47. The molecule has 3 nitrogen and oxygen atoms in total. The van der Waals surface area contributed by atoms with Crippen molar-refractivity contribution < 1.29 is 4.42 Å². The molecule has 1 aliphatic rings. The summed E-state index contributed by atoms with van der Waals surface area (Å²) in [7, 11) is 0. The first-order valence-electron chi connectivity index (χ1n) is 6.63. The molecule has 0 spiro atoms. The summed E-state index contributed by atoms with van der Waals surface area (Å²) >= 11 is 0. The van der Waals surface area contributed by atoms with Gasteiger partial charge >= 0.3 is 0 Å². The number of hydrogen-bond acceptors (Lipinski definition) is 3. The molecule has 1 aliphatic heterocycles. The number of piperidine rings is 1. The molecule has 2 atom stereocenters. The SMILES string of the molecule is Cc1ccoc1C1C(N)CCCN1CC(C)C. The monoisotopic (exact) mass is 236 g/mol. The summed E-state index contributed by atoms with van der Waals surface area (Å²) in [5, 5.41) is 0. The van der Waals surface area contributed by atoms with Gasteiger partial charge in [-0.15, -0.1) is 0 Å². The molecular formula is C14H24N2O. The highest BCUT2D eigenvalue weighted by Crippen LogP contribution is 2.32. The lowest BCUT2D eigenvalue weighted by Gasteiger charge is -2.39. The Morgan fingerprint density at radius 1 is 1.53 bits per heavy atom. The quantitative estimate of drug-likeness (QED) is 0.877. The number of nitrogens with zero attached hydrogens (tertiary/aromatic N) is 1. The van der Waals surface area contributed by atoms with Crippen LogP contribution in [0.5, 0.6) is 0 Å². The average Bonchev–Trinajstić information content (AvgIpc) is 2.64. The first-order valence-corrected chi connectivity index (χ1v) is 6.63. The fraction of sp³-hybridized carbons (Fsp3) is 0.714. The molecule has 2 unspecified atom stereocenters. The number of rotatable bonds is 3. The molecule has 0 saturated carbocycles. The zero-order valence-corrected chi connectivity index (χ0v) is 11.1. The molecule has 2 rings (SSSR count). The van der Waals surface area contributed by atoms with Gasteiger partial charge in [-0.2, -0.15) is 0 Å². The van der Waals surface area contributed by atoms with Crippen LogP contribution in [-0.4, -0.2) is 24.0 Å². The Morgan fingerprint density at radius 2 is 2.29 bits per heavy atom. The molecule has 1 aromatic heterocycles. The second-order valence-electron chi connectivity index (χ2n) is 5.61. The topological polar surface area (TPSA) is 42.4 Å².